The number of carboxylic acids is 1. The van der Waals surface area contributed by atoms with Gasteiger partial charge >= 0.3 is 5.97 Å². The van der Waals surface area contributed by atoms with Gasteiger partial charge in [0.15, 0.2) is 0 Å². The van der Waals surface area contributed by atoms with Crippen molar-refractivity contribution in [3.8, 4) is 0 Å². The van der Waals surface area contributed by atoms with Crippen LogP contribution in [0, 0.1) is 11.8 Å². The topological polar surface area (TPSA) is 57.6 Å². The molecule has 4 nitrogen and oxygen atoms in total. The fourth-order valence-electron chi connectivity index (χ4n) is 3.82. The molecule has 1 aromatic carbocycles. The van der Waals surface area contributed by atoms with Crippen molar-refractivity contribution in [2.24, 2.45) is 11.8 Å². The van der Waals surface area contributed by atoms with Crippen molar-refractivity contribution in [2.45, 2.75) is 38.0 Å². The molecule has 2 fully saturated rings. The van der Waals surface area contributed by atoms with Crippen LogP contribution in [-0.2, 0) is 9.59 Å². The summed E-state index contributed by atoms with van der Waals surface area (Å²) in [6, 6.07) is 10.5. The molecule has 22 heavy (non-hydrogen) atoms. The molecule has 0 bridgehead atoms. The summed E-state index contributed by atoms with van der Waals surface area (Å²) in [6.07, 6.45) is 4.55. The lowest BCUT2D eigenvalue weighted by Gasteiger charge is -2.30. The van der Waals surface area contributed by atoms with Gasteiger partial charge in [-0.15, -0.1) is 0 Å². The summed E-state index contributed by atoms with van der Waals surface area (Å²) in [5.41, 5.74) is 1.38. The molecule has 1 aromatic rings. The van der Waals surface area contributed by atoms with E-state index in [-0.39, 0.29) is 17.7 Å². The Morgan fingerprint density at radius 1 is 0.955 bits per heavy atom. The van der Waals surface area contributed by atoms with E-state index < -0.39 is 5.97 Å². The zero-order valence-corrected chi connectivity index (χ0v) is 12.8. The zero-order valence-electron chi connectivity index (χ0n) is 12.8. The average molecular weight is 301 g/mol. The van der Waals surface area contributed by atoms with Crippen molar-refractivity contribution >= 4 is 11.9 Å². The van der Waals surface area contributed by atoms with E-state index in [0.29, 0.717) is 25.4 Å². The second-order valence-corrected chi connectivity index (χ2v) is 6.57. The highest BCUT2D eigenvalue weighted by molar-refractivity contribution is 5.80. The minimum absolute atomic E-state index is 0.0903. The SMILES string of the molecule is O=C(O)C1CCN(C(=O)C2CCC(c3ccccc3)CC2)C1. The van der Waals surface area contributed by atoms with Gasteiger partial charge in [-0.05, 0) is 43.6 Å². The Balaban J connectivity index is 1.53. The van der Waals surface area contributed by atoms with Gasteiger partial charge in [0.05, 0.1) is 5.92 Å². The standard InChI is InChI=1S/C18H23NO3/c20-17(19-11-10-16(12-19)18(21)22)15-8-6-14(7-9-15)13-4-2-1-3-5-13/h1-5,14-16H,6-12H2,(H,21,22). The second kappa shape index (κ2) is 6.51. The Morgan fingerprint density at radius 3 is 2.23 bits per heavy atom. The van der Waals surface area contributed by atoms with Gasteiger partial charge in [-0.2, -0.15) is 0 Å². The molecule has 1 saturated heterocycles. The van der Waals surface area contributed by atoms with Crippen molar-refractivity contribution in [1.82, 2.24) is 4.90 Å². The van der Waals surface area contributed by atoms with Gasteiger partial charge < -0.3 is 10.0 Å². The lowest BCUT2D eigenvalue weighted by atomic mass is 9.78. The van der Waals surface area contributed by atoms with Crippen molar-refractivity contribution in [2.75, 3.05) is 13.1 Å². The molecule has 1 N–H and O–H groups in total. The van der Waals surface area contributed by atoms with Gasteiger partial charge in [-0.1, -0.05) is 30.3 Å². The molecule has 3 rings (SSSR count). The number of benzene rings is 1. The molecule has 4 heteroatoms. The first-order valence-electron chi connectivity index (χ1n) is 8.21. The lowest BCUT2D eigenvalue weighted by molar-refractivity contribution is -0.141. The predicted molar refractivity (Wildman–Crippen MR) is 83.5 cm³/mol. The van der Waals surface area contributed by atoms with Gasteiger partial charge in [0.1, 0.15) is 0 Å². The van der Waals surface area contributed by atoms with E-state index in [1.54, 1.807) is 4.90 Å². The molecule has 1 saturated carbocycles. The number of likely N-dealkylation sites (tertiary alicyclic amines) is 1. The van der Waals surface area contributed by atoms with Gasteiger partial charge in [-0.25, -0.2) is 0 Å². The highest BCUT2D eigenvalue weighted by Gasteiger charge is 2.35. The number of amides is 1. The summed E-state index contributed by atoms with van der Waals surface area (Å²) < 4.78 is 0. The van der Waals surface area contributed by atoms with Crippen LogP contribution in [0.5, 0.6) is 0 Å². The van der Waals surface area contributed by atoms with Crippen LogP contribution < -0.4 is 0 Å². The highest BCUT2D eigenvalue weighted by Crippen LogP contribution is 2.37. The molecule has 1 heterocycles. The van der Waals surface area contributed by atoms with E-state index in [1.807, 2.05) is 6.07 Å². The fourth-order valence-corrected chi connectivity index (χ4v) is 3.82. The monoisotopic (exact) mass is 301 g/mol. The summed E-state index contributed by atoms with van der Waals surface area (Å²) in [4.78, 5) is 25.3. The molecule has 1 amide bonds. The number of hydrogen-bond acceptors (Lipinski definition) is 2. The van der Waals surface area contributed by atoms with Crippen LogP contribution in [0.3, 0.4) is 0 Å². The molecule has 1 aliphatic heterocycles. The van der Waals surface area contributed by atoms with Gasteiger partial charge in [0, 0.05) is 19.0 Å². The van der Waals surface area contributed by atoms with Gasteiger partial charge in [0.25, 0.3) is 0 Å². The molecule has 1 unspecified atom stereocenters. The number of carboxylic acid groups (broad SMARTS) is 1. The van der Waals surface area contributed by atoms with E-state index in [2.05, 4.69) is 24.3 Å². The average Bonchev–Trinajstić information content (AvgIpc) is 3.05. The molecular weight excluding hydrogens is 278 g/mol. The Hall–Kier alpha value is -1.84. The summed E-state index contributed by atoms with van der Waals surface area (Å²) >= 11 is 0. The van der Waals surface area contributed by atoms with Crippen LogP contribution in [0.4, 0.5) is 0 Å². The van der Waals surface area contributed by atoms with E-state index in [1.165, 1.54) is 5.56 Å². The number of aliphatic carboxylic acids is 1. The maximum Gasteiger partial charge on any atom is 0.308 e. The molecule has 0 spiro atoms. The van der Waals surface area contributed by atoms with Crippen molar-refractivity contribution in [1.29, 1.82) is 0 Å². The van der Waals surface area contributed by atoms with Crippen LogP contribution in [0.2, 0.25) is 0 Å². The summed E-state index contributed by atoms with van der Waals surface area (Å²) in [5.74, 6) is -0.314. The smallest absolute Gasteiger partial charge is 0.308 e. The van der Waals surface area contributed by atoms with Gasteiger partial charge in [-0.3, -0.25) is 9.59 Å². The summed E-state index contributed by atoms with van der Waals surface area (Å²) in [6.45, 7) is 1.00. The number of nitrogens with zero attached hydrogens (tertiary/aromatic N) is 1. The number of hydrogen-bond donors (Lipinski definition) is 1. The Morgan fingerprint density at radius 2 is 1.64 bits per heavy atom. The first-order chi connectivity index (χ1) is 10.6. The molecular formula is C18H23NO3. The van der Waals surface area contributed by atoms with Gasteiger partial charge in [0.2, 0.25) is 5.91 Å². The fraction of sp³-hybridized carbons (Fsp3) is 0.556. The molecule has 1 aliphatic carbocycles. The lowest BCUT2D eigenvalue weighted by Crippen LogP contribution is -2.36. The number of rotatable bonds is 3. The molecule has 2 aliphatic rings. The maximum atomic E-state index is 12.5. The quantitative estimate of drug-likeness (QED) is 0.934. The third-order valence-corrected chi connectivity index (χ3v) is 5.20. The zero-order chi connectivity index (χ0) is 15.5. The number of carbonyl (C=O) groups excluding carboxylic acids is 1. The van der Waals surface area contributed by atoms with Crippen molar-refractivity contribution in [3.63, 3.8) is 0 Å². The number of carbonyl (C=O) groups is 2. The third kappa shape index (κ3) is 3.16. The minimum Gasteiger partial charge on any atom is -0.481 e. The Labute approximate surface area is 131 Å². The molecule has 1 atom stereocenters. The maximum absolute atomic E-state index is 12.5. The van der Waals surface area contributed by atoms with Crippen LogP contribution in [0.25, 0.3) is 0 Å². The van der Waals surface area contributed by atoms with E-state index in [9.17, 15) is 9.59 Å². The second-order valence-electron chi connectivity index (χ2n) is 6.57. The molecule has 0 radical (unpaired) electrons. The van der Waals surface area contributed by atoms with Crippen LogP contribution in [0.1, 0.15) is 43.6 Å². The largest absolute Gasteiger partial charge is 0.481 e. The van der Waals surface area contributed by atoms with E-state index in [0.717, 1.165) is 25.7 Å². The first kappa shape index (κ1) is 15.1. The van der Waals surface area contributed by atoms with E-state index in [4.69, 9.17) is 5.11 Å². The molecule has 0 aromatic heterocycles. The Bertz CT molecular complexity index is 535. The summed E-state index contributed by atoms with van der Waals surface area (Å²) in [5, 5.41) is 9.05. The molecule has 118 valence electrons. The third-order valence-electron chi connectivity index (χ3n) is 5.20. The van der Waals surface area contributed by atoms with Crippen molar-refractivity contribution in [3.05, 3.63) is 35.9 Å². The predicted octanol–water partition coefficient (Wildman–Crippen LogP) is 2.89. The normalized spacial score (nSPS) is 28.5. The van der Waals surface area contributed by atoms with Crippen LogP contribution in [0.15, 0.2) is 30.3 Å². The van der Waals surface area contributed by atoms with E-state index >= 15 is 0 Å². The van der Waals surface area contributed by atoms with Crippen LogP contribution in [-0.4, -0.2) is 35.0 Å². The van der Waals surface area contributed by atoms with Crippen LogP contribution >= 0.6 is 0 Å². The van der Waals surface area contributed by atoms with Crippen molar-refractivity contribution < 1.29 is 14.7 Å². The summed E-state index contributed by atoms with van der Waals surface area (Å²) in [7, 11) is 0. The minimum atomic E-state index is -0.775. The Kier molecular flexibility index (Phi) is 4.46. The highest BCUT2D eigenvalue weighted by atomic mass is 16.4. The first-order valence-corrected chi connectivity index (χ1v) is 8.21.